The average Bonchev–Trinajstić information content (AvgIpc) is 3.31. The molecule has 1 aliphatic heterocycles. The van der Waals surface area contributed by atoms with E-state index in [1.54, 1.807) is 12.3 Å². The number of nitrogens with two attached hydrogens (primary N) is 2. The van der Waals surface area contributed by atoms with Gasteiger partial charge in [-0.1, -0.05) is 32.4 Å². The summed E-state index contributed by atoms with van der Waals surface area (Å²) in [4.78, 5) is 25.4. The number of benzene rings is 1. The van der Waals surface area contributed by atoms with Crippen molar-refractivity contribution in [1.82, 2.24) is 15.3 Å². The van der Waals surface area contributed by atoms with Gasteiger partial charge in [0.1, 0.15) is 12.0 Å². The standard InChI is InChI=1S/C28H32N8O.C2H6/c1-5-15(2)23-24-19(14-29)20(30)11-12-21(24)35-25(23)26(27(31)37)34-17(4)18-9-7-13-32-28(18)36-22-10-6-8-16(3)33-22;1-2/h6-14,22,29,33,35H,5,30H2,1-4H3,(H2,31,37)(H,32,36);1-2H3/b23-15+,26-25+,29-14?,34-17?;. The van der Waals surface area contributed by atoms with E-state index < -0.39 is 5.91 Å². The monoisotopic (exact) mass is 526 g/mol. The number of dihydropyridines is 1. The first kappa shape index (κ1) is 28.9. The van der Waals surface area contributed by atoms with E-state index in [4.69, 9.17) is 21.9 Å². The second-order valence-corrected chi connectivity index (χ2v) is 8.95. The van der Waals surface area contributed by atoms with Gasteiger partial charge >= 0.3 is 0 Å². The normalized spacial score (nSPS) is 16.4. The van der Waals surface area contributed by atoms with Crippen molar-refractivity contribution < 1.29 is 4.79 Å². The van der Waals surface area contributed by atoms with E-state index >= 15 is 0 Å². The minimum atomic E-state index is -0.670. The zero-order valence-electron chi connectivity index (χ0n) is 23.4. The van der Waals surface area contributed by atoms with Crippen LogP contribution in [0.2, 0.25) is 0 Å². The van der Waals surface area contributed by atoms with Crippen LogP contribution in [0.4, 0.5) is 11.5 Å². The molecule has 0 aliphatic carbocycles. The fraction of sp³-hybridized carbons (Fsp3) is 0.267. The molecule has 1 atom stereocenters. The van der Waals surface area contributed by atoms with E-state index in [1.165, 1.54) is 6.21 Å². The number of nitrogen functional groups attached to an aromatic ring is 1. The summed E-state index contributed by atoms with van der Waals surface area (Å²) < 4.78 is 0. The summed E-state index contributed by atoms with van der Waals surface area (Å²) in [5, 5.41) is 16.7. The Morgan fingerprint density at radius 1 is 1.26 bits per heavy atom. The molecule has 8 N–H and O–H groups in total. The van der Waals surface area contributed by atoms with Crippen LogP contribution in [0, 0.1) is 5.41 Å². The summed E-state index contributed by atoms with van der Waals surface area (Å²) in [5.74, 6) is -0.0482. The third-order valence-electron chi connectivity index (χ3n) is 6.41. The van der Waals surface area contributed by atoms with Crippen molar-refractivity contribution in [2.24, 2.45) is 10.7 Å². The number of carbonyl (C=O) groups excluding carboxylic acids is 1. The van der Waals surface area contributed by atoms with Crippen LogP contribution >= 0.6 is 0 Å². The molecule has 3 aromatic rings. The number of aliphatic imine (C=N–C) groups is 1. The topological polar surface area (TPSA) is 158 Å². The molecule has 2 aromatic heterocycles. The summed E-state index contributed by atoms with van der Waals surface area (Å²) >= 11 is 0. The van der Waals surface area contributed by atoms with Gasteiger partial charge in [-0.05, 0) is 63.6 Å². The number of amides is 1. The third kappa shape index (κ3) is 6.09. The first-order valence-electron chi connectivity index (χ1n) is 13.1. The smallest absolute Gasteiger partial charge is 0.269 e. The number of H-pyrrole nitrogens is 1. The lowest BCUT2D eigenvalue weighted by Gasteiger charge is -2.22. The second-order valence-electron chi connectivity index (χ2n) is 8.95. The molecule has 1 unspecified atom stereocenters. The number of rotatable bonds is 7. The predicted molar refractivity (Wildman–Crippen MR) is 163 cm³/mol. The molecule has 0 saturated carbocycles. The molecule has 1 aromatic carbocycles. The van der Waals surface area contributed by atoms with Gasteiger partial charge in [-0.15, -0.1) is 0 Å². The minimum absolute atomic E-state index is 0.0928. The Labute approximate surface area is 229 Å². The molecule has 0 fully saturated rings. The Hall–Kier alpha value is -4.66. The number of anilines is 2. The Balaban J connectivity index is 0.00000205. The maximum atomic E-state index is 12.8. The fourth-order valence-corrected chi connectivity index (χ4v) is 4.43. The number of pyridine rings is 1. The van der Waals surface area contributed by atoms with Crippen LogP contribution in [0.1, 0.15) is 59.1 Å². The summed E-state index contributed by atoms with van der Waals surface area (Å²) in [5.41, 5.74) is 17.4. The Bertz CT molecular complexity index is 1610. The summed E-state index contributed by atoms with van der Waals surface area (Å²) in [7, 11) is 0. The summed E-state index contributed by atoms with van der Waals surface area (Å²) in [6.45, 7) is 11.8. The van der Waals surface area contributed by atoms with Crippen LogP contribution in [0.25, 0.3) is 22.2 Å². The Morgan fingerprint density at radius 2 is 2.00 bits per heavy atom. The number of allylic oxidation sites excluding steroid dienone is 3. The highest BCUT2D eigenvalue weighted by atomic mass is 16.1. The SMILES string of the molecule is CC.CC/C(C)=c1/c(=C(\N=C(C)c2cccnc2NC2C=CC=C(C)N2)C(N)=O)[nH]c2ccc(N)c(C=N)c12. The van der Waals surface area contributed by atoms with Gasteiger partial charge < -0.3 is 32.5 Å². The summed E-state index contributed by atoms with van der Waals surface area (Å²) in [6, 6.07) is 7.30. The number of hydrogen-bond donors (Lipinski definition) is 6. The van der Waals surface area contributed by atoms with Crippen molar-refractivity contribution in [3.8, 4) is 0 Å². The maximum Gasteiger partial charge on any atom is 0.269 e. The highest BCUT2D eigenvalue weighted by Crippen LogP contribution is 2.20. The molecule has 0 radical (unpaired) electrons. The van der Waals surface area contributed by atoms with E-state index in [1.807, 2.05) is 78.0 Å². The van der Waals surface area contributed by atoms with E-state index in [0.29, 0.717) is 28.1 Å². The van der Waals surface area contributed by atoms with Gasteiger partial charge in [-0.25, -0.2) is 9.98 Å². The molecule has 9 nitrogen and oxygen atoms in total. The van der Waals surface area contributed by atoms with Gasteiger partial charge in [0.05, 0.1) is 5.35 Å². The van der Waals surface area contributed by atoms with E-state index in [9.17, 15) is 4.79 Å². The van der Waals surface area contributed by atoms with Crippen LogP contribution < -0.4 is 32.7 Å². The van der Waals surface area contributed by atoms with Crippen molar-refractivity contribution in [3.63, 3.8) is 0 Å². The van der Waals surface area contributed by atoms with Crippen LogP contribution in [0.3, 0.4) is 0 Å². The second kappa shape index (κ2) is 12.7. The van der Waals surface area contributed by atoms with E-state index in [0.717, 1.165) is 39.4 Å². The predicted octanol–water partition coefficient (Wildman–Crippen LogP) is 3.65. The van der Waals surface area contributed by atoms with Crippen molar-refractivity contribution in [2.45, 2.75) is 54.1 Å². The molecular weight excluding hydrogens is 488 g/mol. The number of aromatic amines is 1. The van der Waals surface area contributed by atoms with Crippen LogP contribution in [0.15, 0.2) is 59.4 Å². The van der Waals surface area contributed by atoms with Crippen LogP contribution in [-0.2, 0) is 4.79 Å². The minimum Gasteiger partial charge on any atom is -0.398 e. The first-order valence-corrected chi connectivity index (χ1v) is 13.1. The number of fused-ring (bicyclic) bond motifs is 1. The van der Waals surface area contributed by atoms with Gasteiger partial charge in [0, 0.05) is 56.8 Å². The highest BCUT2D eigenvalue weighted by Gasteiger charge is 2.17. The fourth-order valence-electron chi connectivity index (χ4n) is 4.43. The molecule has 0 spiro atoms. The van der Waals surface area contributed by atoms with Crippen LogP contribution in [0.5, 0.6) is 0 Å². The number of primary amides is 1. The third-order valence-corrected chi connectivity index (χ3v) is 6.41. The molecule has 0 saturated heterocycles. The number of hydrogen-bond acceptors (Lipinski definition) is 7. The quantitative estimate of drug-likeness (QED) is 0.204. The first-order chi connectivity index (χ1) is 18.7. The number of nitrogens with zero attached hydrogens (tertiary/aromatic N) is 2. The summed E-state index contributed by atoms with van der Waals surface area (Å²) in [6.07, 6.45) is 9.48. The van der Waals surface area contributed by atoms with Gasteiger partial charge in [0.2, 0.25) is 0 Å². The number of aromatic nitrogens is 2. The lowest BCUT2D eigenvalue weighted by Crippen LogP contribution is -2.35. The molecule has 39 heavy (non-hydrogen) atoms. The van der Waals surface area contributed by atoms with Crippen molar-refractivity contribution >= 4 is 51.5 Å². The number of nitrogens with one attached hydrogen (secondary N) is 4. The lowest BCUT2D eigenvalue weighted by atomic mass is 10.0. The molecule has 9 heteroatoms. The molecule has 1 aliphatic rings. The zero-order valence-corrected chi connectivity index (χ0v) is 23.4. The molecule has 4 rings (SSSR count). The van der Waals surface area contributed by atoms with E-state index in [2.05, 4.69) is 20.6 Å². The molecule has 204 valence electrons. The molecular formula is C30H38N8O. The van der Waals surface area contributed by atoms with Gasteiger partial charge in [0.25, 0.3) is 5.91 Å². The van der Waals surface area contributed by atoms with Crippen LogP contribution in [-0.4, -0.2) is 34.0 Å². The molecule has 3 heterocycles. The average molecular weight is 527 g/mol. The van der Waals surface area contributed by atoms with Gasteiger partial charge in [-0.3, -0.25) is 4.79 Å². The van der Waals surface area contributed by atoms with Crippen molar-refractivity contribution in [3.05, 3.63) is 76.1 Å². The van der Waals surface area contributed by atoms with Gasteiger partial charge in [0.15, 0.2) is 5.70 Å². The molecule has 1 amide bonds. The van der Waals surface area contributed by atoms with E-state index in [-0.39, 0.29) is 11.9 Å². The number of carbonyl (C=O) groups is 1. The Morgan fingerprint density at radius 3 is 2.64 bits per heavy atom. The lowest BCUT2D eigenvalue weighted by molar-refractivity contribution is -0.113. The Kier molecular flexibility index (Phi) is 9.43. The largest absolute Gasteiger partial charge is 0.398 e. The zero-order chi connectivity index (χ0) is 28.7. The highest BCUT2D eigenvalue weighted by molar-refractivity contribution is 6.17. The maximum absolute atomic E-state index is 12.8. The van der Waals surface area contributed by atoms with Crippen molar-refractivity contribution in [1.29, 1.82) is 5.41 Å². The van der Waals surface area contributed by atoms with Crippen molar-refractivity contribution in [2.75, 3.05) is 11.1 Å². The van der Waals surface area contributed by atoms with Gasteiger partial charge in [-0.2, -0.15) is 0 Å². The molecule has 0 bridgehead atoms.